The molecule has 0 bridgehead atoms. The molecule has 0 aliphatic heterocycles. The monoisotopic (exact) mass is 1840 g/mol. The van der Waals surface area contributed by atoms with Crippen LogP contribution in [0.5, 0.6) is 0 Å². The van der Waals surface area contributed by atoms with Crippen molar-refractivity contribution in [1.82, 2.24) is 0 Å². The molecule has 0 aliphatic rings. The molecule has 0 spiro atoms. The predicted molar refractivity (Wildman–Crippen MR) is 651 cm³/mol. The maximum Gasteiger partial charge on any atom is -0.0149 e. The molecule has 0 amide bonds. The molecule has 0 aromatic rings. The van der Waals surface area contributed by atoms with Crippen LogP contribution >= 0.6 is 0 Å². The van der Waals surface area contributed by atoms with Gasteiger partial charge in [0.2, 0.25) is 0 Å². The van der Waals surface area contributed by atoms with Gasteiger partial charge in [0, 0.05) is 0 Å². The predicted octanol–water partition coefficient (Wildman–Crippen LogP) is -4.46. The Labute approximate surface area is 747 Å². The lowest BCUT2D eigenvalue weighted by Gasteiger charge is -1.07. The summed E-state index contributed by atoms with van der Waals surface area (Å²) in [5.41, 5.74) is 0. The van der Waals surface area contributed by atoms with Crippen molar-refractivity contribution in [1.29, 1.82) is 0 Å². The van der Waals surface area contributed by atoms with E-state index in [9.17, 15) is 0 Å². The molecule has 0 unspecified atom stereocenters. The molecule has 0 fully saturated rings. The summed E-state index contributed by atoms with van der Waals surface area (Å²) in [4.78, 5) is 0. The minimum Gasteiger partial charge on any atom is -0.412 e. The minimum atomic E-state index is 0. The SMILES string of the molecule is C=C.C=C.C=C.C=C.C=C.C=C.C=C.C=C.C=C.C=C.C=C.C=C.C=C.C=C.C=C.C=C.C=C.C=C.C=C.C=C.C=C.C=C.C=C.C=C.C=C.C=C.C=C.C=C.C=C.C=C.C=C.C=C.C=C.C=C.C=C.C=C.C=C.CC.O.O.O.O.O.O.O.O.O.O.O.O.O.O.O.O.O.O.[SiH4].[SiH4].[SiH4].[SiH4].[SiH4].[SiH4].[SiH4].[SiH4].[SiH4].[SiH4].[SiH4].[SiH4].[SiH4].[SiH4]. The molecule has 0 aromatic carbocycles. The zero-order valence-corrected chi connectivity index (χ0v) is 63.3. The van der Waals surface area contributed by atoms with Gasteiger partial charge >= 0.3 is 0 Å². The van der Waals surface area contributed by atoms with E-state index in [0.717, 1.165) is 0 Å². The normalized spacial score (nSPS) is 1.43. The maximum absolute atomic E-state index is 3.00. The van der Waals surface area contributed by atoms with Gasteiger partial charge in [0.25, 0.3) is 0 Å². The van der Waals surface area contributed by atoms with Crippen molar-refractivity contribution in [3.05, 3.63) is 487 Å². The molecule has 0 radical (unpaired) electrons. The third kappa shape index (κ3) is 17700. The highest BCUT2D eigenvalue weighted by atomic mass is 28.1. The molecule has 32 heteroatoms. The Morgan fingerprint density at radius 3 is 0.0556 bits per heavy atom. The van der Waals surface area contributed by atoms with Gasteiger partial charge in [0.05, 0.1) is 0 Å². The second-order valence-corrected chi connectivity index (χ2v) is 0. The zero-order chi connectivity index (χ0) is 76.0. The van der Waals surface area contributed by atoms with Gasteiger partial charge in [-0.3, -0.25) is 0 Å². The quantitative estimate of drug-likeness (QED) is 0.164. The van der Waals surface area contributed by atoms with Crippen molar-refractivity contribution in [2.45, 2.75) is 13.8 Å². The summed E-state index contributed by atoms with van der Waals surface area (Å²) in [5, 5.41) is 0. The Hall–Kier alpha value is -7.30. The lowest BCUT2D eigenvalue weighted by molar-refractivity contribution is 0.823. The fraction of sp³-hybridized carbons (Fsp3) is 0.0263. The zero-order valence-electron chi connectivity index (χ0n) is 63.3. The van der Waals surface area contributed by atoms with Crippen LogP contribution < -0.4 is 0 Å². The standard InChI is InChI=1S/C2H6.37C2H4.18H2O.14H4Si/c38*1-2;;;;;;;;;;;;;;;;;;;;;;;;;;;;;;;;/h1-2H3;37*1-2H2;18*1H2;14*1H4. The van der Waals surface area contributed by atoms with Crippen molar-refractivity contribution >= 4 is 154 Å². The average Bonchev–Trinajstić information content (AvgIpc) is 3.67. The van der Waals surface area contributed by atoms with Gasteiger partial charge < -0.3 is 98.6 Å². The lowest BCUT2D eigenvalue weighted by atomic mass is 11.0. The minimum absolute atomic E-state index is 0. The molecular formula is C76H246O18Si14. The number of rotatable bonds is 0. The topological polar surface area (TPSA) is 567 Å². The van der Waals surface area contributed by atoms with E-state index in [4.69, 9.17) is 0 Å². The van der Waals surface area contributed by atoms with Crippen molar-refractivity contribution in [3.63, 3.8) is 0 Å². The molecule has 18 nitrogen and oxygen atoms in total. The van der Waals surface area contributed by atoms with E-state index >= 15 is 0 Å². The molecule has 0 heterocycles. The van der Waals surface area contributed by atoms with Crippen LogP contribution in [0.25, 0.3) is 0 Å². The first-order valence-corrected chi connectivity index (χ1v) is 19.5. The third-order valence-electron chi connectivity index (χ3n) is 0. The average molecular weight is 1840 g/mol. The highest BCUT2D eigenvalue weighted by Gasteiger charge is 0.932. The van der Waals surface area contributed by atoms with E-state index < -0.39 is 0 Å². The van der Waals surface area contributed by atoms with E-state index in [0.29, 0.717) is 0 Å². The second kappa shape index (κ2) is 18200. The van der Waals surface area contributed by atoms with Crippen LogP contribution in [0.1, 0.15) is 13.8 Å². The van der Waals surface area contributed by atoms with E-state index in [1.807, 2.05) is 13.8 Å². The van der Waals surface area contributed by atoms with Crippen LogP contribution in [-0.2, 0) is 0 Å². The largest absolute Gasteiger partial charge is 0.412 e. The molecule has 0 rings (SSSR count). The fourth-order valence-corrected chi connectivity index (χ4v) is 0. The maximum atomic E-state index is 3.00. The molecule has 0 aliphatic carbocycles. The molecule has 0 atom stereocenters. The van der Waals surface area contributed by atoms with E-state index in [-0.39, 0.29) is 252 Å². The molecule has 714 valence electrons. The van der Waals surface area contributed by atoms with Gasteiger partial charge in [0.1, 0.15) is 0 Å². The first-order valence-electron chi connectivity index (χ1n) is 19.5. The Balaban J connectivity index is -0.00000000200. The Kier molecular flexibility index (Phi) is 179000. The van der Waals surface area contributed by atoms with Crippen LogP contribution in [0.4, 0.5) is 0 Å². The Morgan fingerprint density at radius 2 is 0.0556 bits per heavy atom. The molecule has 108 heavy (non-hydrogen) atoms. The third-order valence-corrected chi connectivity index (χ3v) is 0. The summed E-state index contributed by atoms with van der Waals surface area (Å²) < 4.78 is 0. The Bertz CT molecular complexity index is 319. The first-order chi connectivity index (χ1) is 38.0. The fourth-order valence-electron chi connectivity index (χ4n) is 0. The second-order valence-electron chi connectivity index (χ2n) is 0. The summed E-state index contributed by atoms with van der Waals surface area (Å²) >= 11 is 0. The lowest BCUT2D eigenvalue weighted by Crippen LogP contribution is -0.856. The molecule has 0 aromatic heterocycles. The van der Waals surface area contributed by atoms with Crippen molar-refractivity contribution in [3.8, 4) is 0 Å². The van der Waals surface area contributed by atoms with Crippen molar-refractivity contribution < 1.29 is 98.6 Å². The number of hydrogen-bond donors (Lipinski definition) is 0. The molecule has 36 N–H and O–H groups in total. The van der Waals surface area contributed by atoms with Gasteiger partial charge in [0.15, 0.2) is 0 Å². The molecule has 0 saturated heterocycles. The van der Waals surface area contributed by atoms with Crippen molar-refractivity contribution in [2.24, 2.45) is 0 Å². The van der Waals surface area contributed by atoms with Crippen LogP contribution in [-0.4, -0.2) is 252 Å². The van der Waals surface area contributed by atoms with Gasteiger partial charge in [-0.05, 0) is 154 Å². The summed E-state index contributed by atoms with van der Waals surface area (Å²) in [5.74, 6) is 0. The van der Waals surface area contributed by atoms with Gasteiger partial charge in [-0.2, -0.15) is 0 Å². The van der Waals surface area contributed by atoms with Gasteiger partial charge in [-0.1, -0.05) is 13.8 Å². The summed E-state index contributed by atoms with van der Waals surface area (Å²) in [6.07, 6.45) is 0. The molecule has 0 saturated carbocycles. The smallest absolute Gasteiger partial charge is 0.0149 e. The van der Waals surface area contributed by atoms with Gasteiger partial charge in [-0.15, -0.1) is 487 Å². The van der Waals surface area contributed by atoms with Crippen molar-refractivity contribution in [2.75, 3.05) is 0 Å². The summed E-state index contributed by atoms with van der Waals surface area (Å²) in [6.45, 7) is 226. The van der Waals surface area contributed by atoms with E-state index in [2.05, 4.69) is 487 Å². The summed E-state index contributed by atoms with van der Waals surface area (Å²) in [7, 11) is 0. The highest BCUT2D eigenvalue weighted by molar-refractivity contribution is 5.77. The Morgan fingerprint density at radius 1 is 0.0556 bits per heavy atom. The number of hydrogen-bond acceptors (Lipinski definition) is 0. The first kappa shape index (κ1) is 1060. The van der Waals surface area contributed by atoms with Crippen LogP contribution in [0, 0.1) is 0 Å². The van der Waals surface area contributed by atoms with E-state index in [1.54, 1.807) is 0 Å². The van der Waals surface area contributed by atoms with E-state index in [1.165, 1.54) is 0 Å². The van der Waals surface area contributed by atoms with Crippen LogP contribution in [0.2, 0.25) is 0 Å². The van der Waals surface area contributed by atoms with Gasteiger partial charge in [-0.25, -0.2) is 0 Å². The summed E-state index contributed by atoms with van der Waals surface area (Å²) in [6, 6.07) is 0. The van der Waals surface area contributed by atoms with Crippen LogP contribution in [0.15, 0.2) is 487 Å². The molecular weight excluding hydrogens is 1590 g/mol. The highest BCUT2D eigenvalue weighted by Crippen LogP contribution is 1.14. The van der Waals surface area contributed by atoms with Crippen LogP contribution in [0.3, 0.4) is 0 Å².